The average molecular weight is 196 g/mol. The quantitative estimate of drug-likeness (QED) is 0.649. The SMILES string of the molecule is O=C(O)Cc1ccc(C(O)CO)cc1. The minimum Gasteiger partial charge on any atom is -0.481 e. The summed E-state index contributed by atoms with van der Waals surface area (Å²) in [5, 5.41) is 26.4. The van der Waals surface area contributed by atoms with Crippen LogP contribution in [0.3, 0.4) is 0 Å². The van der Waals surface area contributed by atoms with Gasteiger partial charge in [0, 0.05) is 0 Å². The second-order valence-electron chi connectivity index (χ2n) is 3.01. The number of carboxylic acid groups (broad SMARTS) is 1. The van der Waals surface area contributed by atoms with Gasteiger partial charge in [0.15, 0.2) is 0 Å². The monoisotopic (exact) mass is 196 g/mol. The number of aliphatic carboxylic acids is 1. The Hall–Kier alpha value is -1.39. The topological polar surface area (TPSA) is 77.8 Å². The van der Waals surface area contributed by atoms with Crippen LogP contribution in [-0.4, -0.2) is 27.9 Å². The number of carbonyl (C=O) groups is 1. The summed E-state index contributed by atoms with van der Waals surface area (Å²) in [6, 6.07) is 6.48. The Morgan fingerprint density at radius 1 is 1.29 bits per heavy atom. The minimum atomic E-state index is -0.895. The van der Waals surface area contributed by atoms with Crippen LogP contribution in [0.15, 0.2) is 24.3 Å². The van der Waals surface area contributed by atoms with Gasteiger partial charge in [0.1, 0.15) is 6.10 Å². The van der Waals surface area contributed by atoms with E-state index >= 15 is 0 Å². The van der Waals surface area contributed by atoms with Crippen LogP contribution >= 0.6 is 0 Å². The maximum atomic E-state index is 10.4. The summed E-state index contributed by atoms with van der Waals surface area (Å²) in [6.07, 6.45) is -0.927. The number of aliphatic hydroxyl groups excluding tert-OH is 2. The van der Waals surface area contributed by atoms with Gasteiger partial charge in [-0.1, -0.05) is 24.3 Å². The molecule has 4 heteroatoms. The molecule has 3 N–H and O–H groups in total. The van der Waals surface area contributed by atoms with Crippen LogP contribution in [0.5, 0.6) is 0 Å². The largest absolute Gasteiger partial charge is 0.481 e. The normalized spacial score (nSPS) is 12.4. The van der Waals surface area contributed by atoms with Crippen LogP contribution in [0.1, 0.15) is 17.2 Å². The molecule has 0 bridgehead atoms. The van der Waals surface area contributed by atoms with Gasteiger partial charge >= 0.3 is 5.97 Å². The Labute approximate surface area is 81.4 Å². The Morgan fingerprint density at radius 2 is 1.86 bits per heavy atom. The second-order valence-corrected chi connectivity index (χ2v) is 3.01. The smallest absolute Gasteiger partial charge is 0.307 e. The van der Waals surface area contributed by atoms with E-state index in [1.807, 2.05) is 0 Å². The summed E-state index contributed by atoms with van der Waals surface area (Å²) in [5.74, 6) is -0.888. The van der Waals surface area contributed by atoms with Crippen LogP contribution in [-0.2, 0) is 11.2 Å². The summed E-state index contributed by atoms with van der Waals surface area (Å²) < 4.78 is 0. The highest BCUT2D eigenvalue weighted by atomic mass is 16.4. The third kappa shape index (κ3) is 2.83. The highest BCUT2D eigenvalue weighted by Crippen LogP contribution is 2.13. The zero-order valence-electron chi connectivity index (χ0n) is 7.55. The molecule has 1 unspecified atom stereocenters. The van der Waals surface area contributed by atoms with E-state index in [1.54, 1.807) is 24.3 Å². The number of aliphatic hydroxyl groups is 2. The first-order chi connectivity index (χ1) is 6.63. The summed E-state index contributed by atoms with van der Waals surface area (Å²) >= 11 is 0. The fourth-order valence-corrected chi connectivity index (χ4v) is 1.14. The molecular weight excluding hydrogens is 184 g/mol. The highest BCUT2D eigenvalue weighted by Gasteiger charge is 2.06. The molecular formula is C10H12O4. The van der Waals surface area contributed by atoms with E-state index in [2.05, 4.69) is 0 Å². The Bertz CT molecular complexity index is 304. The summed E-state index contributed by atoms with van der Waals surface area (Å²) in [7, 11) is 0. The molecule has 0 aromatic heterocycles. The summed E-state index contributed by atoms with van der Waals surface area (Å²) in [5.41, 5.74) is 1.26. The highest BCUT2D eigenvalue weighted by molar-refractivity contribution is 5.70. The van der Waals surface area contributed by atoms with Crippen molar-refractivity contribution in [3.05, 3.63) is 35.4 Å². The first-order valence-electron chi connectivity index (χ1n) is 4.23. The molecule has 0 fully saturated rings. The van der Waals surface area contributed by atoms with Crippen molar-refractivity contribution < 1.29 is 20.1 Å². The lowest BCUT2D eigenvalue weighted by Crippen LogP contribution is -2.03. The molecule has 0 aliphatic rings. The summed E-state index contributed by atoms with van der Waals surface area (Å²) in [4.78, 5) is 10.4. The molecule has 0 spiro atoms. The van der Waals surface area contributed by atoms with Gasteiger partial charge in [-0.3, -0.25) is 4.79 Å². The van der Waals surface area contributed by atoms with E-state index < -0.39 is 12.1 Å². The molecule has 76 valence electrons. The Morgan fingerprint density at radius 3 is 2.29 bits per heavy atom. The van der Waals surface area contributed by atoms with Crippen molar-refractivity contribution in [3.8, 4) is 0 Å². The van der Waals surface area contributed by atoms with E-state index in [-0.39, 0.29) is 13.0 Å². The van der Waals surface area contributed by atoms with Crippen molar-refractivity contribution in [2.75, 3.05) is 6.61 Å². The lowest BCUT2D eigenvalue weighted by molar-refractivity contribution is -0.136. The molecule has 0 radical (unpaired) electrons. The maximum Gasteiger partial charge on any atom is 0.307 e. The van der Waals surface area contributed by atoms with E-state index in [0.717, 1.165) is 0 Å². The third-order valence-corrected chi connectivity index (χ3v) is 1.89. The molecule has 1 aromatic carbocycles. The molecule has 0 heterocycles. The molecule has 0 aliphatic carbocycles. The summed E-state index contributed by atoms with van der Waals surface area (Å²) in [6.45, 7) is -0.335. The molecule has 0 saturated carbocycles. The predicted octanol–water partition coefficient (Wildman–Crippen LogP) is 0.339. The number of rotatable bonds is 4. The Balaban J connectivity index is 2.73. The second kappa shape index (κ2) is 4.74. The molecule has 1 rings (SSSR count). The number of hydrogen-bond donors (Lipinski definition) is 3. The van der Waals surface area contributed by atoms with Gasteiger partial charge in [0.2, 0.25) is 0 Å². The van der Waals surface area contributed by atoms with Gasteiger partial charge in [-0.2, -0.15) is 0 Å². The lowest BCUT2D eigenvalue weighted by Gasteiger charge is -2.07. The fraction of sp³-hybridized carbons (Fsp3) is 0.300. The van der Waals surface area contributed by atoms with E-state index in [9.17, 15) is 9.90 Å². The van der Waals surface area contributed by atoms with Crippen molar-refractivity contribution in [2.45, 2.75) is 12.5 Å². The van der Waals surface area contributed by atoms with Crippen LogP contribution in [0.2, 0.25) is 0 Å². The molecule has 0 saturated heterocycles. The standard InChI is InChI=1S/C10H12O4/c11-6-9(12)8-3-1-7(2-4-8)5-10(13)14/h1-4,9,11-12H,5-6H2,(H,13,14). The van der Waals surface area contributed by atoms with Crippen LogP contribution in [0.4, 0.5) is 0 Å². The fourth-order valence-electron chi connectivity index (χ4n) is 1.14. The van der Waals surface area contributed by atoms with Crippen molar-refractivity contribution >= 4 is 5.97 Å². The van der Waals surface area contributed by atoms with Gasteiger partial charge in [0.05, 0.1) is 13.0 Å². The van der Waals surface area contributed by atoms with Crippen molar-refractivity contribution in [2.24, 2.45) is 0 Å². The molecule has 1 aromatic rings. The van der Waals surface area contributed by atoms with E-state index in [1.165, 1.54) is 0 Å². The van der Waals surface area contributed by atoms with Gasteiger partial charge in [-0.15, -0.1) is 0 Å². The number of benzene rings is 1. The molecule has 0 aliphatic heterocycles. The van der Waals surface area contributed by atoms with E-state index in [0.29, 0.717) is 11.1 Å². The molecule has 0 amide bonds. The van der Waals surface area contributed by atoms with Crippen molar-refractivity contribution in [3.63, 3.8) is 0 Å². The Kier molecular flexibility index (Phi) is 3.62. The lowest BCUT2D eigenvalue weighted by atomic mass is 10.1. The zero-order valence-corrected chi connectivity index (χ0v) is 7.55. The van der Waals surface area contributed by atoms with Crippen LogP contribution in [0, 0.1) is 0 Å². The third-order valence-electron chi connectivity index (χ3n) is 1.89. The maximum absolute atomic E-state index is 10.4. The first kappa shape index (κ1) is 10.7. The first-order valence-corrected chi connectivity index (χ1v) is 4.23. The predicted molar refractivity (Wildman–Crippen MR) is 49.8 cm³/mol. The van der Waals surface area contributed by atoms with Gasteiger partial charge in [-0.05, 0) is 11.1 Å². The van der Waals surface area contributed by atoms with Crippen LogP contribution in [0.25, 0.3) is 0 Å². The number of hydrogen-bond acceptors (Lipinski definition) is 3. The van der Waals surface area contributed by atoms with Crippen molar-refractivity contribution in [1.29, 1.82) is 0 Å². The molecule has 4 nitrogen and oxygen atoms in total. The van der Waals surface area contributed by atoms with Gasteiger partial charge in [0.25, 0.3) is 0 Å². The minimum absolute atomic E-state index is 0.0322. The van der Waals surface area contributed by atoms with Gasteiger partial charge < -0.3 is 15.3 Å². The number of carboxylic acids is 1. The van der Waals surface area contributed by atoms with Crippen LogP contribution < -0.4 is 0 Å². The molecule has 1 atom stereocenters. The van der Waals surface area contributed by atoms with E-state index in [4.69, 9.17) is 10.2 Å². The van der Waals surface area contributed by atoms with Crippen molar-refractivity contribution in [1.82, 2.24) is 0 Å². The zero-order chi connectivity index (χ0) is 10.6. The average Bonchev–Trinajstić information content (AvgIpc) is 2.17. The van der Waals surface area contributed by atoms with Gasteiger partial charge in [-0.25, -0.2) is 0 Å². The molecule has 14 heavy (non-hydrogen) atoms.